The molecule has 0 aliphatic heterocycles. The molecule has 0 saturated heterocycles. The van der Waals surface area contributed by atoms with Crippen molar-refractivity contribution in [3.8, 4) is 0 Å². The molecule has 0 heteroatoms. The van der Waals surface area contributed by atoms with E-state index in [1.54, 1.807) is 0 Å². The maximum atomic E-state index is 3.73. The van der Waals surface area contributed by atoms with Crippen LogP contribution in [0, 0.1) is 0 Å². The van der Waals surface area contributed by atoms with Crippen LogP contribution in [0.15, 0.2) is 24.8 Å². The summed E-state index contributed by atoms with van der Waals surface area (Å²) in [6, 6.07) is 0. The lowest BCUT2D eigenvalue weighted by molar-refractivity contribution is 0.545. The summed E-state index contributed by atoms with van der Waals surface area (Å²) >= 11 is 0. The summed E-state index contributed by atoms with van der Waals surface area (Å²) in [4.78, 5) is 0. The van der Waals surface area contributed by atoms with Gasteiger partial charge in [0.05, 0.1) is 0 Å². The van der Waals surface area contributed by atoms with Crippen molar-refractivity contribution in [1.82, 2.24) is 0 Å². The Morgan fingerprint density at radius 3 is 1.50 bits per heavy atom. The molecule has 0 aromatic heterocycles. The molecule has 118 valence electrons. The van der Waals surface area contributed by atoms with Gasteiger partial charge < -0.3 is 0 Å². The Labute approximate surface area is 128 Å². The summed E-state index contributed by atoms with van der Waals surface area (Å²) in [7, 11) is 0. The highest BCUT2D eigenvalue weighted by molar-refractivity contribution is 4.84. The third kappa shape index (κ3) is 17.5. The van der Waals surface area contributed by atoms with Gasteiger partial charge in [-0.05, 0) is 25.7 Å². The lowest BCUT2D eigenvalue weighted by atomic mass is 10.0. The Hall–Kier alpha value is -0.520. The average Bonchev–Trinajstić information content (AvgIpc) is 2.47. The van der Waals surface area contributed by atoms with Crippen molar-refractivity contribution in [2.45, 2.75) is 103 Å². The first kappa shape index (κ1) is 19.5. The Balaban J connectivity index is 2.99. The second-order valence-electron chi connectivity index (χ2n) is 6.02. The van der Waals surface area contributed by atoms with E-state index in [1.165, 1.54) is 89.9 Å². The van der Waals surface area contributed by atoms with E-state index in [-0.39, 0.29) is 0 Å². The second-order valence-corrected chi connectivity index (χ2v) is 6.02. The van der Waals surface area contributed by atoms with Crippen LogP contribution in [0.25, 0.3) is 0 Å². The van der Waals surface area contributed by atoms with E-state index in [4.69, 9.17) is 0 Å². The summed E-state index contributed by atoms with van der Waals surface area (Å²) in [5, 5.41) is 0. The standard InChI is InChI=1S/C20H38/c1-3-5-7-9-11-13-15-17-19-20-18-16-14-12-10-8-6-4-2/h3,9,11H,1,4-8,10,12-20H2,2H3/b11-9+. The monoisotopic (exact) mass is 278 g/mol. The molecular weight excluding hydrogens is 240 g/mol. The molecule has 0 N–H and O–H groups in total. The number of allylic oxidation sites excluding steroid dienone is 3. The van der Waals surface area contributed by atoms with Gasteiger partial charge in [-0.25, -0.2) is 0 Å². The molecule has 0 nitrogen and oxygen atoms in total. The average molecular weight is 279 g/mol. The van der Waals surface area contributed by atoms with Crippen molar-refractivity contribution < 1.29 is 0 Å². The van der Waals surface area contributed by atoms with Crippen molar-refractivity contribution in [2.24, 2.45) is 0 Å². The van der Waals surface area contributed by atoms with E-state index in [1.807, 2.05) is 6.08 Å². The normalized spacial score (nSPS) is 11.2. The predicted octanol–water partition coefficient (Wildman–Crippen LogP) is 7.60. The van der Waals surface area contributed by atoms with Gasteiger partial charge in [-0.1, -0.05) is 95.8 Å². The molecule has 0 aliphatic rings. The largest absolute Gasteiger partial charge is 0.103 e. The number of hydrogen-bond donors (Lipinski definition) is 0. The van der Waals surface area contributed by atoms with Crippen LogP contribution >= 0.6 is 0 Å². The number of rotatable bonds is 16. The molecule has 0 saturated carbocycles. The van der Waals surface area contributed by atoms with Crippen LogP contribution in [0.4, 0.5) is 0 Å². The number of hydrogen-bond acceptors (Lipinski definition) is 0. The Kier molecular flexibility index (Phi) is 18.0. The zero-order chi connectivity index (χ0) is 14.7. The van der Waals surface area contributed by atoms with E-state index < -0.39 is 0 Å². The second kappa shape index (κ2) is 18.5. The molecule has 0 atom stereocenters. The SMILES string of the molecule is C=CCC/C=C/CCCCCCCCCCCCCC. The van der Waals surface area contributed by atoms with Gasteiger partial charge >= 0.3 is 0 Å². The third-order valence-corrected chi connectivity index (χ3v) is 3.93. The van der Waals surface area contributed by atoms with Crippen LogP contribution in [-0.4, -0.2) is 0 Å². The van der Waals surface area contributed by atoms with Crippen LogP contribution in [0.3, 0.4) is 0 Å². The summed E-state index contributed by atoms with van der Waals surface area (Å²) in [6.45, 7) is 6.02. The van der Waals surface area contributed by atoms with E-state index in [0.717, 1.165) is 6.42 Å². The quantitative estimate of drug-likeness (QED) is 0.201. The first-order valence-corrected chi connectivity index (χ1v) is 9.17. The van der Waals surface area contributed by atoms with Crippen LogP contribution in [0.1, 0.15) is 103 Å². The van der Waals surface area contributed by atoms with E-state index in [2.05, 4.69) is 25.7 Å². The minimum atomic E-state index is 1.12. The highest BCUT2D eigenvalue weighted by Gasteiger charge is 1.92. The van der Waals surface area contributed by atoms with E-state index in [9.17, 15) is 0 Å². The highest BCUT2D eigenvalue weighted by atomic mass is 14.0. The fraction of sp³-hybridized carbons (Fsp3) is 0.800. The fourth-order valence-corrected chi connectivity index (χ4v) is 2.55. The molecule has 0 amide bonds. The maximum Gasteiger partial charge on any atom is -0.0316 e. The Bertz CT molecular complexity index is 202. The minimum Gasteiger partial charge on any atom is -0.103 e. The predicted molar refractivity (Wildman–Crippen MR) is 94.3 cm³/mol. The molecule has 0 aromatic rings. The van der Waals surface area contributed by atoms with Gasteiger partial charge in [-0.15, -0.1) is 6.58 Å². The molecular formula is C20H38. The molecule has 20 heavy (non-hydrogen) atoms. The fourth-order valence-electron chi connectivity index (χ4n) is 2.55. The van der Waals surface area contributed by atoms with Gasteiger partial charge in [-0.3, -0.25) is 0 Å². The van der Waals surface area contributed by atoms with Gasteiger partial charge in [0.25, 0.3) is 0 Å². The van der Waals surface area contributed by atoms with Crippen LogP contribution in [0.5, 0.6) is 0 Å². The maximum absolute atomic E-state index is 3.73. The van der Waals surface area contributed by atoms with Crippen LogP contribution < -0.4 is 0 Å². The molecule has 0 rings (SSSR count). The lowest BCUT2D eigenvalue weighted by Crippen LogP contribution is -1.82. The lowest BCUT2D eigenvalue weighted by Gasteiger charge is -2.02. The Morgan fingerprint density at radius 2 is 1.00 bits per heavy atom. The van der Waals surface area contributed by atoms with Crippen molar-refractivity contribution in [3.63, 3.8) is 0 Å². The van der Waals surface area contributed by atoms with Crippen molar-refractivity contribution >= 4 is 0 Å². The molecule has 0 unspecified atom stereocenters. The topological polar surface area (TPSA) is 0 Å². The van der Waals surface area contributed by atoms with Crippen molar-refractivity contribution in [2.75, 3.05) is 0 Å². The van der Waals surface area contributed by atoms with E-state index >= 15 is 0 Å². The summed E-state index contributed by atoms with van der Waals surface area (Å²) < 4.78 is 0. The smallest absolute Gasteiger partial charge is 0.0316 e. The molecule has 0 aromatic carbocycles. The van der Waals surface area contributed by atoms with Gasteiger partial charge in [0.1, 0.15) is 0 Å². The van der Waals surface area contributed by atoms with Gasteiger partial charge in [0.2, 0.25) is 0 Å². The third-order valence-electron chi connectivity index (χ3n) is 3.93. The van der Waals surface area contributed by atoms with E-state index in [0.29, 0.717) is 0 Å². The Morgan fingerprint density at radius 1 is 0.550 bits per heavy atom. The molecule has 0 radical (unpaired) electrons. The molecule has 0 heterocycles. The van der Waals surface area contributed by atoms with Crippen molar-refractivity contribution in [3.05, 3.63) is 24.8 Å². The van der Waals surface area contributed by atoms with Gasteiger partial charge in [-0.2, -0.15) is 0 Å². The summed E-state index contributed by atoms with van der Waals surface area (Å²) in [6.07, 6.45) is 27.5. The zero-order valence-corrected chi connectivity index (χ0v) is 14.0. The highest BCUT2D eigenvalue weighted by Crippen LogP contribution is 2.12. The summed E-state index contributed by atoms with van der Waals surface area (Å²) in [5.74, 6) is 0. The summed E-state index contributed by atoms with van der Waals surface area (Å²) in [5.41, 5.74) is 0. The van der Waals surface area contributed by atoms with Crippen LogP contribution in [0.2, 0.25) is 0 Å². The van der Waals surface area contributed by atoms with Crippen LogP contribution in [-0.2, 0) is 0 Å². The molecule has 0 aliphatic carbocycles. The minimum absolute atomic E-state index is 1.12. The first-order chi connectivity index (χ1) is 9.91. The van der Waals surface area contributed by atoms with Gasteiger partial charge in [0, 0.05) is 0 Å². The molecule has 0 bridgehead atoms. The zero-order valence-electron chi connectivity index (χ0n) is 14.0. The number of unbranched alkanes of at least 4 members (excludes halogenated alkanes) is 13. The molecule has 0 spiro atoms. The van der Waals surface area contributed by atoms with Crippen molar-refractivity contribution in [1.29, 1.82) is 0 Å². The van der Waals surface area contributed by atoms with Gasteiger partial charge in [0.15, 0.2) is 0 Å². The molecule has 0 fully saturated rings. The first-order valence-electron chi connectivity index (χ1n) is 9.17.